The van der Waals surface area contributed by atoms with Gasteiger partial charge in [0.1, 0.15) is 22.3 Å². The molecule has 0 spiro atoms. The van der Waals surface area contributed by atoms with E-state index in [1.54, 1.807) is 7.05 Å². The van der Waals surface area contributed by atoms with Crippen molar-refractivity contribution in [2.45, 2.75) is 26.3 Å². The van der Waals surface area contributed by atoms with Gasteiger partial charge in [0, 0.05) is 25.0 Å². The summed E-state index contributed by atoms with van der Waals surface area (Å²) in [6.45, 7) is 4.56. The third-order valence-corrected chi connectivity index (χ3v) is 4.76. The van der Waals surface area contributed by atoms with E-state index in [9.17, 15) is 13.6 Å². The van der Waals surface area contributed by atoms with E-state index in [1.165, 1.54) is 28.5 Å². The highest BCUT2D eigenvalue weighted by atomic mass is 35.5. The molecule has 0 saturated heterocycles. The van der Waals surface area contributed by atoms with Crippen LogP contribution in [-0.2, 0) is 0 Å². The number of rotatable bonds is 6. The number of hydrogen-bond acceptors (Lipinski definition) is 4. The Morgan fingerprint density at radius 3 is 2.48 bits per heavy atom. The Hall–Kier alpha value is -1.57. The number of nitrogens with zero attached hydrogens (tertiary/aromatic N) is 2. The largest absolute Gasteiger partial charge is 0.340 e. The third kappa shape index (κ3) is 5.20. The topological polar surface area (TPSA) is 59.2 Å². The van der Waals surface area contributed by atoms with Gasteiger partial charge in [0.2, 0.25) is 0 Å². The van der Waals surface area contributed by atoms with Crippen LogP contribution in [0.1, 0.15) is 30.8 Å². The molecule has 2 rings (SSSR count). The van der Waals surface area contributed by atoms with Crippen molar-refractivity contribution in [2.75, 3.05) is 13.6 Å². The summed E-state index contributed by atoms with van der Waals surface area (Å²) in [6, 6.07) is 3.64. The average Bonchev–Trinajstić information content (AvgIpc) is 3.00. The van der Waals surface area contributed by atoms with Crippen LogP contribution in [0.3, 0.4) is 0 Å². The minimum atomic E-state index is -0.695. The zero-order valence-electron chi connectivity index (χ0n) is 14.3. The van der Waals surface area contributed by atoms with Gasteiger partial charge in [-0.2, -0.15) is 0 Å². The number of amides is 1. The van der Waals surface area contributed by atoms with E-state index in [2.05, 4.69) is 4.98 Å². The number of nitrogens with two attached hydrogens (primary N) is 1. The van der Waals surface area contributed by atoms with Gasteiger partial charge in [0.25, 0.3) is 5.91 Å². The van der Waals surface area contributed by atoms with Gasteiger partial charge in [-0.3, -0.25) is 4.79 Å². The normalized spacial score (nSPS) is 12.0. The number of halogens is 3. The highest BCUT2D eigenvalue weighted by molar-refractivity contribution is 7.13. The van der Waals surface area contributed by atoms with Crippen molar-refractivity contribution in [1.29, 1.82) is 0 Å². The Labute approximate surface area is 156 Å². The number of thiazole rings is 1. The average molecular weight is 390 g/mol. The van der Waals surface area contributed by atoms with Gasteiger partial charge < -0.3 is 10.6 Å². The molecule has 0 radical (unpaired) electrons. The Morgan fingerprint density at radius 2 is 1.92 bits per heavy atom. The van der Waals surface area contributed by atoms with E-state index in [-0.39, 0.29) is 40.6 Å². The Bertz CT molecular complexity index is 703. The second kappa shape index (κ2) is 9.22. The monoisotopic (exact) mass is 389 g/mol. The van der Waals surface area contributed by atoms with E-state index >= 15 is 0 Å². The summed E-state index contributed by atoms with van der Waals surface area (Å²) >= 11 is 1.04. The number of benzene rings is 1. The molecule has 1 aromatic carbocycles. The third-order valence-electron chi connectivity index (χ3n) is 3.90. The fraction of sp³-hybridized carbons (Fsp3) is 0.412. The van der Waals surface area contributed by atoms with Gasteiger partial charge in [-0.1, -0.05) is 19.9 Å². The van der Waals surface area contributed by atoms with Crippen LogP contribution in [0, 0.1) is 17.6 Å². The predicted molar refractivity (Wildman–Crippen MR) is 99.1 cm³/mol. The maximum Gasteiger partial charge on any atom is 0.273 e. The van der Waals surface area contributed by atoms with Crippen molar-refractivity contribution < 1.29 is 13.6 Å². The van der Waals surface area contributed by atoms with Gasteiger partial charge in [-0.25, -0.2) is 13.8 Å². The lowest BCUT2D eigenvalue weighted by molar-refractivity contribution is 0.0784. The van der Waals surface area contributed by atoms with Crippen molar-refractivity contribution >= 4 is 29.7 Å². The van der Waals surface area contributed by atoms with E-state index in [1.807, 2.05) is 13.8 Å². The minimum Gasteiger partial charge on any atom is -0.340 e. The zero-order valence-corrected chi connectivity index (χ0v) is 16.0. The minimum absolute atomic E-state index is 0. The Balaban J connectivity index is 0.00000312. The molecular formula is C17H22ClF2N3OS. The standard InChI is InChI=1S/C17H21F2N3OS.ClH/c1-10(2)13(20)7-8-22(3)17(23)14-9-24-16(21-14)15-11(18)5-4-6-12(15)19;/h4-6,9-10,13H,7-8,20H2,1-3H3;1H. The van der Waals surface area contributed by atoms with Gasteiger partial charge in [0.15, 0.2) is 0 Å². The summed E-state index contributed by atoms with van der Waals surface area (Å²) in [5.74, 6) is -1.34. The summed E-state index contributed by atoms with van der Waals surface area (Å²) in [6.07, 6.45) is 0.679. The molecule has 8 heteroatoms. The van der Waals surface area contributed by atoms with Crippen LogP contribution in [0.5, 0.6) is 0 Å². The van der Waals surface area contributed by atoms with Gasteiger partial charge >= 0.3 is 0 Å². The zero-order chi connectivity index (χ0) is 17.9. The molecule has 0 bridgehead atoms. The molecule has 0 fully saturated rings. The molecule has 0 aliphatic heterocycles. The van der Waals surface area contributed by atoms with Crippen LogP contribution < -0.4 is 5.73 Å². The van der Waals surface area contributed by atoms with Gasteiger partial charge in [-0.05, 0) is 24.5 Å². The molecule has 1 amide bonds. The molecule has 1 heterocycles. The molecule has 4 nitrogen and oxygen atoms in total. The number of aromatic nitrogens is 1. The molecule has 0 aliphatic carbocycles. The van der Waals surface area contributed by atoms with Crippen LogP contribution in [0.25, 0.3) is 10.6 Å². The van der Waals surface area contributed by atoms with Gasteiger partial charge in [0.05, 0.1) is 5.56 Å². The molecule has 2 aromatic rings. The summed E-state index contributed by atoms with van der Waals surface area (Å²) in [5.41, 5.74) is 5.96. The first kappa shape index (κ1) is 21.5. The van der Waals surface area contributed by atoms with Crippen molar-refractivity contribution in [2.24, 2.45) is 11.7 Å². The van der Waals surface area contributed by atoms with Crippen LogP contribution in [0.4, 0.5) is 8.78 Å². The van der Waals surface area contributed by atoms with Crippen molar-refractivity contribution in [1.82, 2.24) is 9.88 Å². The molecule has 138 valence electrons. The highest BCUT2D eigenvalue weighted by Crippen LogP contribution is 2.29. The second-order valence-electron chi connectivity index (χ2n) is 6.06. The smallest absolute Gasteiger partial charge is 0.273 e. The number of carbonyl (C=O) groups is 1. The maximum atomic E-state index is 13.8. The van der Waals surface area contributed by atoms with Crippen molar-refractivity contribution in [3.05, 3.63) is 40.9 Å². The fourth-order valence-electron chi connectivity index (χ4n) is 2.16. The van der Waals surface area contributed by atoms with Crippen LogP contribution in [0.15, 0.2) is 23.6 Å². The lowest BCUT2D eigenvalue weighted by atomic mass is 10.0. The predicted octanol–water partition coefficient (Wildman–Crippen LogP) is 3.96. The Kier molecular flexibility index (Phi) is 7.92. The lowest BCUT2D eigenvalue weighted by Gasteiger charge is -2.20. The van der Waals surface area contributed by atoms with Crippen molar-refractivity contribution in [3.63, 3.8) is 0 Å². The number of carbonyl (C=O) groups excluding carboxylic acids is 1. The van der Waals surface area contributed by atoms with E-state index in [4.69, 9.17) is 5.73 Å². The molecule has 0 aliphatic rings. The molecule has 1 atom stereocenters. The van der Waals surface area contributed by atoms with Crippen LogP contribution >= 0.6 is 23.7 Å². The van der Waals surface area contributed by atoms with E-state index in [0.29, 0.717) is 18.9 Å². The summed E-state index contributed by atoms with van der Waals surface area (Å²) in [4.78, 5) is 18.0. The summed E-state index contributed by atoms with van der Waals surface area (Å²) < 4.78 is 27.6. The second-order valence-corrected chi connectivity index (χ2v) is 6.92. The summed E-state index contributed by atoms with van der Waals surface area (Å²) in [7, 11) is 1.66. The highest BCUT2D eigenvalue weighted by Gasteiger charge is 2.20. The lowest BCUT2D eigenvalue weighted by Crippen LogP contribution is -2.34. The van der Waals surface area contributed by atoms with Gasteiger partial charge in [-0.15, -0.1) is 23.7 Å². The van der Waals surface area contributed by atoms with E-state index < -0.39 is 11.6 Å². The molecule has 25 heavy (non-hydrogen) atoms. The molecular weight excluding hydrogens is 368 g/mol. The maximum absolute atomic E-state index is 13.8. The van der Waals surface area contributed by atoms with Crippen molar-refractivity contribution in [3.8, 4) is 10.6 Å². The van der Waals surface area contributed by atoms with Crippen LogP contribution in [-0.4, -0.2) is 35.4 Å². The molecule has 1 aromatic heterocycles. The molecule has 1 unspecified atom stereocenters. The molecule has 2 N–H and O–H groups in total. The SMILES string of the molecule is CC(C)C(N)CCN(C)C(=O)c1csc(-c2c(F)cccc2F)n1.Cl. The van der Waals surface area contributed by atoms with E-state index in [0.717, 1.165) is 11.3 Å². The number of hydrogen-bond donors (Lipinski definition) is 1. The quantitative estimate of drug-likeness (QED) is 0.813. The molecule has 0 saturated carbocycles. The Morgan fingerprint density at radius 1 is 1.32 bits per heavy atom. The van der Waals surface area contributed by atoms with Crippen LogP contribution in [0.2, 0.25) is 0 Å². The fourth-order valence-corrected chi connectivity index (χ4v) is 3.00. The first-order chi connectivity index (χ1) is 11.3. The summed E-state index contributed by atoms with van der Waals surface area (Å²) in [5, 5.41) is 1.67. The first-order valence-corrected chi connectivity index (χ1v) is 8.60. The first-order valence-electron chi connectivity index (χ1n) is 7.72.